The molecule has 18 heavy (non-hydrogen) atoms. The van der Waals surface area contributed by atoms with Crippen molar-refractivity contribution < 1.29 is 0 Å². The van der Waals surface area contributed by atoms with Crippen molar-refractivity contribution in [1.82, 2.24) is 15.0 Å². The summed E-state index contributed by atoms with van der Waals surface area (Å²) in [6.45, 7) is 0.605. The van der Waals surface area contributed by atoms with Crippen molar-refractivity contribution in [2.75, 3.05) is 30.0 Å². The van der Waals surface area contributed by atoms with E-state index >= 15 is 0 Å². The number of halogens is 1. The van der Waals surface area contributed by atoms with Gasteiger partial charge in [-0.15, -0.1) is 11.3 Å². The van der Waals surface area contributed by atoms with Crippen molar-refractivity contribution in [3.05, 3.63) is 21.3 Å². The monoisotopic (exact) mass is 284 g/mol. The van der Waals surface area contributed by atoms with Gasteiger partial charge in [0.05, 0.1) is 10.9 Å². The largest absolute Gasteiger partial charge is 0.368 e. The molecule has 0 unspecified atom stereocenters. The fraction of sp³-hybridized carbons (Fsp3) is 0.300. The highest BCUT2D eigenvalue weighted by Crippen LogP contribution is 2.22. The maximum atomic E-state index is 5.86. The zero-order valence-electron chi connectivity index (χ0n) is 10.0. The molecule has 0 atom stereocenters. The van der Waals surface area contributed by atoms with Gasteiger partial charge < -0.3 is 16.0 Å². The molecule has 2 aromatic rings. The number of nitrogen functional groups attached to an aromatic ring is 1. The van der Waals surface area contributed by atoms with Gasteiger partial charge in [0.25, 0.3) is 0 Å². The molecule has 0 fully saturated rings. The first-order valence-corrected chi connectivity index (χ1v) is 6.41. The molecule has 0 bridgehead atoms. The Hall–Kier alpha value is -1.60. The van der Waals surface area contributed by atoms with E-state index in [-0.39, 0.29) is 5.95 Å². The first-order valence-electron chi connectivity index (χ1n) is 5.21. The van der Waals surface area contributed by atoms with E-state index in [4.69, 9.17) is 17.3 Å². The van der Waals surface area contributed by atoms with E-state index in [0.29, 0.717) is 18.4 Å². The summed E-state index contributed by atoms with van der Waals surface area (Å²) in [4.78, 5) is 15.2. The van der Waals surface area contributed by atoms with Gasteiger partial charge in [0.1, 0.15) is 0 Å². The molecule has 6 nitrogen and oxygen atoms in total. The van der Waals surface area contributed by atoms with Crippen LogP contribution in [0, 0.1) is 0 Å². The molecule has 2 rings (SSSR count). The predicted molar refractivity (Wildman–Crippen MR) is 75.2 cm³/mol. The van der Waals surface area contributed by atoms with Gasteiger partial charge in [0, 0.05) is 19.0 Å². The normalized spacial score (nSPS) is 10.4. The van der Waals surface area contributed by atoms with Crippen LogP contribution in [0.5, 0.6) is 0 Å². The van der Waals surface area contributed by atoms with Crippen LogP contribution in [0.25, 0.3) is 0 Å². The molecule has 0 aliphatic carbocycles. The van der Waals surface area contributed by atoms with Crippen LogP contribution in [0.1, 0.15) is 4.88 Å². The standard InChI is InChI=1S/C10H13ClN6S/c1-17(2)10-15-8(12)14-9(16-10)13-5-6-3-4-7(11)18-6/h3-4H,5H2,1-2H3,(H3,12,13,14,15,16). The molecular weight excluding hydrogens is 272 g/mol. The van der Waals surface area contributed by atoms with Gasteiger partial charge in [-0.2, -0.15) is 15.0 Å². The molecule has 3 N–H and O–H groups in total. The Morgan fingerprint density at radius 1 is 1.33 bits per heavy atom. The van der Waals surface area contributed by atoms with Gasteiger partial charge in [0.2, 0.25) is 17.8 Å². The summed E-state index contributed by atoms with van der Waals surface area (Å²) in [5, 5.41) is 3.09. The molecule has 0 radical (unpaired) electrons. The zero-order chi connectivity index (χ0) is 13.1. The summed E-state index contributed by atoms with van der Waals surface area (Å²) < 4.78 is 0.760. The average Bonchev–Trinajstić information content (AvgIpc) is 2.72. The Labute approximate surface area is 114 Å². The summed E-state index contributed by atoms with van der Waals surface area (Å²) in [7, 11) is 3.69. The van der Waals surface area contributed by atoms with Crippen molar-refractivity contribution in [2.45, 2.75) is 6.54 Å². The topological polar surface area (TPSA) is 80.0 Å². The second-order valence-electron chi connectivity index (χ2n) is 3.77. The van der Waals surface area contributed by atoms with Crippen LogP contribution >= 0.6 is 22.9 Å². The van der Waals surface area contributed by atoms with Crippen LogP contribution in [-0.4, -0.2) is 29.0 Å². The molecule has 0 aliphatic heterocycles. The summed E-state index contributed by atoms with van der Waals surface area (Å²) in [6.07, 6.45) is 0. The van der Waals surface area contributed by atoms with Crippen molar-refractivity contribution in [1.29, 1.82) is 0 Å². The molecular formula is C10H13ClN6S. The van der Waals surface area contributed by atoms with Crippen molar-refractivity contribution in [3.8, 4) is 0 Å². The average molecular weight is 285 g/mol. The highest BCUT2D eigenvalue weighted by atomic mass is 35.5. The fourth-order valence-corrected chi connectivity index (χ4v) is 2.30. The van der Waals surface area contributed by atoms with E-state index in [1.807, 2.05) is 26.2 Å². The van der Waals surface area contributed by atoms with Crippen LogP contribution in [0.4, 0.5) is 17.8 Å². The van der Waals surface area contributed by atoms with Gasteiger partial charge in [-0.05, 0) is 12.1 Å². The van der Waals surface area contributed by atoms with Crippen molar-refractivity contribution in [3.63, 3.8) is 0 Å². The molecule has 8 heteroatoms. The molecule has 0 aliphatic rings. The fourth-order valence-electron chi connectivity index (χ4n) is 1.27. The van der Waals surface area contributed by atoms with Crippen LogP contribution in [0.3, 0.4) is 0 Å². The Morgan fingerprint density at radius 2 is 2.11 bits per heavy atom. The third-order valence-electron chi connectivity index (χ3n) is 2.09. The summed E-state index contributed by atoms with van der Waals surface area (Å²) in [6, 6.07) is 3.81. The van der Waals surface area contributed by atoms with Gasteiger partial charge in [-0.25, -0.2) is 0 Å². The van der Waals surface area contributed by atoms with Crippen LogP contribution in [0.15, 0.2) is 12.1 Å². The third kappa shape index (κ3) is 3.21. The first-order chi connectivity index (χ1) is 8.54. The summed E-state index contributed by atoms with van der Waals surface area (Å²) in [5.74, 6) is 1.17. The number of nitrogens with two attached hydrogens (primary N) is 1. The minimum atomic E-state index is 0.195. The molecule has 0 saturated carbocycles. The Balaban J connectivity index is 2.09. The number of nitrogens with one attached hydrogen (secondary N) is 1. The maximum absolute atomic E-state index is 5.86. The Morgan fingerprint density at radius 3 is 2.72 bits per heavy atom. The number of hydrogen-bond donors (Lipinski definition) is 2. The molecule has 2 heterocycles. The Bertz CT molecular complexity index is 541. The highest BCUT2D eigenvalue weighted by molar-refractivity contribution is 7.16. The lowest BCUT2D eigenvalue weighted by Crippen LogP contribution is -2.16. The number of nitrogens with zero attached hydrogens (tertiary/aromatic N) is 4. The second kappa shape index (κ2) is 5.36. The Kier molecular flexibility index (Phi) is 3.83. The van der Waals surface area contributed by atoms with Gasteiger partial charge in [-0.3, -0.25) is 0 Å². The minimum Gasteiger partial charge on any atom is -0.368 e. The van der Waals surface area contributed by atoms with E-state index in [1.54, 1.807) is 4.90 Å². The number of thiophene rings is 1. The van der Waals surface area contributed by atoms with Crippen LogP contribution in [-0.2, 0) is 6.54 Å². The lowest BCUT2D eigenvalue weighted by molar-refractivity contribution is 0.953. The van der Waals surface area contributed by atoms with Crippen LogP contribution in [0.2, 0.25) is 4.34 Å². The summed E-state index contributed by atoms with van der Waals surface area (Å²) in [5.41, 5.74) is 5.62. The number of rotatable bonds is 4. The minimum absolute atomic E-state index is 0.195. The second-order valence-corrected chi connectivity index (χ2v) is 5.57. The summed E-state index contributed by atoms with van der Waals surface area (Å²) >= 11 is 7.37. The molecule has 0 spiro atoms. The van der Waals surface area contributed by atoms with E-state index in [2.05, 4.69) is 20.3 Å². The number of hydrogen-bond acceptors (Lipinski definition) is 7. The highest BCUT2D eigenvalue weighted by Gasteiger charge is 2.06. The third-order valence-corrected chi connectivity index (χ3v) is 3.32. The van der Waals surface area contributed by atoms with Gasteiger partial charge in [0.15, 0.2) is 0 Å². The van der Waals surface area contributed by atoms with Crippen LogP contribution < -0.4 is 16.0 Å². The molecule has 2 aromatic heterocycles. The zero-order valence-corrected chi connectivity index (χ0v) is 11.6. The van der Waals surface area contributed by atoms with E-state index in [0.717, 1.165) is 9.21 Å². The SMILES string of the molecule is CN(C)c1nc(N)nc(NCc2ccc(Cl)s2)n1. The van der Waals surface area contributed by atoms with E-state index < -0.39 is 0 Å². The number of anilines is 3. The van der Waals surface area contributed by atoms with E-state index in [9.17, 15) is 0 Å². The predicted octanol–water partition coefficient (Wildman–Crippen LogP) is 1.85. The molecule has 0 saturated heterocycles. The molecule has 96 valence electrons. The lowest BCUT2D eigenvalue weighted by atomic mass is 10.5. The molecule has 0 aromatic carbocycles. The van der Waals surface area contributed by atoms with Crippen molar-refractivity contribution in [2.24, 2.45) is 0 Å². The van der Waals surface area contributed by atoms with Gasteiger partial charge >= 0.3 is 0 Å². The molecule has 0 amide bonds. The quantitative estimate of drug-likeness (QED) is 0.892. The maximum Gasteiger partial charge on any atom is 0.231 e. The van der Waals surface area contributed by atoms with Gasteiger partial charge in [-0.1, -0.05) is 11.6 Å². The van der Waals surface area contributed by atoms with E-state index in [1.165, 1.54) is 11.3 Å². The first kappa shape index (κ1) is 12.8. The lowest BCUT2D eigenvalue weighted by Gasteiger charge is -2.11. The van der Waals surface area contributed by atoms with Crippen molar-refractivity contribution >= 4 is 40.8 Å². The smallest absolute Gasteiger partial charge is 0.231 e. The number of aromatic nitrogens is 3.